The van der Waals surface area contributed by atoms with Gasteiger partial charge in [-0.3, -0.25) is 0 Å². The Bertz CT molecular complexity index is 611. The molecule has 0 spiro atoms. The zero-order valence-corrected chi connectivity index (χ0v) is 16.2. The van der Waals surface area contributed by atoms with Crippen LogP contribution in [0.3, 0.4) is 0 Å². The quantitative estimate of drug-likeness (QED) is 0.812. The summed E-state index contributed by atoms with van der Waals surface area (Å²) >= 11 is 6.34. The van der Waals surface area contributed by atoms with E-state index in [0.717, 1.165) is 17.7 Å². The maximum atomic E-state index is 9.42. The molecule has 114 valence electrons. The van der Waals surface area contributed by atoms with E-state index in [1.54, 1.807) is 12.1 Å². The number of anilines is 1. The molecule has 22 heavy (non-hydrogen) atoms. The van der Waals surface area contributed by atoms with Gasteiger partial charge in [0.1, 0.15) is 22.9 Å². The zero-order valence-electron chi connectivity index (χ0n) is 14.5. The van der Waals surface area contributed by atoms with Crippen molar-refractivity contribution in [1.82, 2.24) is 9.97 Å². The second kappa shape index (κ2) is 8.73. The average Bonchev–Trinajstić information content (AvgIpc) is 2.47. The van der Waals surface area contributed by atoms with Crippen LogP contribution < -0.4 is 34.9 Å². The van der Waals surface area contributed by atoms with Crippen molar-refractivity contribution in [3.8, 4) is 5.75 Å². The summed E-state index contributed by atoms with van der Waals surface area (Å²) in [6.45, 7) is 6.26. The van der Waals surface area contributed by atoms with Crippen LogP contribution in [0.4, 0.5) is 5.82 Å². The Balaban J connectivity index is 0.00000242. The van der Waals surface area contributed by atoms with Gasteiger partial charge in [-0.25, -0.2) is 9.97 Å². The molecule has 1 unspecified atom stereocenters. The first-order chi connectivity index (χ1) is 10.0. The van der Waals surface area contributed by atoms with Gasteiger partial charge in [0.2, 0.25) is 0 Å². The summed E-state index contributed by atoms with van der Waals surface area (Å²) in [4.78, 5) is 8.43. The number of phenols is 1. The van der Waals surface area contributed by atoms with Crippen LogP contribution in [0.15, 0.2) is 30.6 Å². The molecule has 1 atom stereocenters. The standard InChI is InChI=1S/C16H20ClN3O.Na.H/c1-4-13-14(17)16(19-9-18-13)20-15(10(2)3)11-5-7-12(21)8-6-11;;/h5-10,15,21H,4H2,1-3H3,(H,18,19,20);;/q;+1;-1. The molecule has 0 radical (unpaired) electrons. The number of halogens is 1. The molecule has 0 saturated carbocycles. The summed E-state index contributed by atoms with van der Waals surface area (Å²) in [6.07, 6.45) is 2.29. The molecule has 4 nitrogen and oxygen atoms in total. The normalized spacial score (nSPS) is 11.9. The van der Waals surface area contributed by atoms with Crippen molar-refractivity contribution in [3.63, 3.8) is 0 Å². The van der Waals surface area contributed by atoms with Crippen LogP contribution in [0.2, 0.25) is 5.02 Å². The van der Waals surface area contributed by atoms with Crippen LogP contribution in [-0.2, 0) is 6.42 Å². The third-order valence-corrected chi connectivity index (χ3v) is 3.80. The summed E-state index contributed by atoms with van der Waals surface area (Å²) in [6, 6.07) is 7.24. The third-order valence-electron chi connectivity index (χ3n) is 3.41. The molecule has 2 N–H and O–H groups in total. The number of benzene rings is 1. The van der Waals surface area contributed by atoms with E-state index in [2.05, 4.69) is 29.1 Å². The maximum Gasteiger partial charge on any atom is 1.00 e. The Morgan fingerprint density at radius 3 is 2.41 bits per heavy atom. The van der Waals surface area contributed by atoms with Gasteiger partial charge in [-0.1, -0.05) is 44.5 Å². The van der Waals surface area contributed by atoms with E-state index in [4.69, 9.17) is 11.6 Å². The Morgan fingerprint density at radius 1 is 1.23 bits per heavy atom. The van der Waals surface area contributed by atoms with Crippen molar-refractivity contribution < 1.29 is 36.1 Å². The average molecular weight is 330 g/mol. The fraction of sp³-hybridized carbons (Fsp3) is 0.375. The number of aromatic nitrogens is 2. The number of rotatable bonds is 5. The van der Waals surface area contributed by atoms with Gasteiger partial charge in [-0.05, 0) is 30.0 Å². The predicted octanol–water partition coefficient (Wildman–Crippen LogP) is 1.32. The molecule has 6 heteroatoms. The van der Waals surface area contributed by atoms with Crippen LogP contribution in [0.5, 0.6) is 5.75 Å². The largest absolute Gasteiger partial charge is 1.00 e. The summed E-state index contributed by atoms with van der Waals surface area (Å²) in [5, 5.41) is 13.4. The van der Waals surface area contributed by atoms with E-state index < -0.39 is 0 Å². The minimum absolute atomic E-state index is 0. The molecule has 0 saturated heterocycles. The molecule has 0 bridgehead atoms. The van der Waals surface area contributed by atoms with Gasteiger partial charge in [0.15, 0.2) is 0 Å². The number of hydrogen-bond acceptors (Lipinski definition) is 4. The molecule has 1 aromatic carbocycles. The molecule has 1 aromatic heterocycles. The summed E-state index contributed by atoms with van der Waals surface area (Å²) in [5.41, 5.74) is 1.91. The maximum absolute atomic E-state index is 9.42. The first kappa shape index (κ1) is 19.2. The van der Waals surface area contributed by atoms with Crippen molar-refractivity contribution in [2.75, 3.05) is 5.32 Å². The molecule has 2 rings (SSSR count). The van der Waals surface area contributed by atoms with Gasteiger partial charge in [-0.15, -0.1) is 0 Å². The van der Waals surface area contributed by atoms with Gasteiger partial charge >= 0.3 is 29.6 Å². The molecule has 2 aromatic rings. The van der Waals surface area contributed by atoms with E-state index in [0.29, 0.717) is 16.8 Å². The minimum Gasteiger partial charge on any atom is -1.00 e. The topological polar surface area (TPSA) is 58.0 Å². The van der Waals surface area contributed by atoms with E-state index in [9.17, 15) is 5.11 Å². The van der Waals surface area contributed by atoms with Crippen LogP contribution in [0.1, 0.15) is 39.5 Å². The van der Waals surface area contributed by atoms with Gasteiger partial charge in [-0.2, -0.15) is 0 Å². The molecule has 0 fully saturated rings. The Kier molecular flexibility index (Phi) is 7.63. The predicted molar refractivity (Wildman–Crippen MR) is 86.8 cm³/mol. The Morgan fingerprint density at radius 2 is 1.86 bits per heavy atom. The van der Waals surface area contributed by atoms with Crippen LogP contribution in [0, 0.1) is 5.92 Å². The number of hydrogen-bond donors (Lipinski definition) is 2. The van der Waals surface area contributed by atoms with E-state index >= 15 is 0 Å². The molecule has 0 aliphatic heterocycles. The van der Waals surface area contributed by atoms with Crippen LogP contribution in [0.25, 0.3) is 0 Å². The molecular formula is C16H21ClN3NaO. The smallest absolute Gasteiger partial charge is 1.00 e. The second-order valence-electron chi connectivity index (χ2n) is 5.29. The third kappa shape index (κ3) is 4.59. The Labute approximate surface area is 160 Å². The molecule has 0 aliphatic carbocycles. The number of aryl methyl sites for hydroxylation is 1. The van der Waals surface area contributed by atoms with Gasteiger partial charge in [0, 0.05) is 0 Å². The number of aromatic hydroxyl groups is 1. The summed E-state index contributed by atoms with van der Waals surface area (Å²) in [7, 11) is 0. The van der Waals surface area contributed by atoms with E-state index in [1.807, 2.05) is 19.1 Å². The van der Waals surface area contributed by atoms with Crippen LogP contribution >= 0.6 is 11.6 Å². The Hall–Kier alpha value is -0.810. The van der Waals surface area contributed by atoms with Crippen molar-refractivity contribution >= 4 is 17.4 Å². The first-order valence-corrected chi connectivity index (χ1v) is 7.45. The van der Waals surface area contributed by atoms with Crippen molar-refractivity contribution in [2.24, 2.45) is 5.92 Å². The molecular weight excluding hydrogens is 309 g/mol. The zero-order chi connectivity index (χ0) is 15.4. The SMILES string of the molecule is CCc1ncnc(NC(c2ccc(O)cc2)C(C)C)c1Cl.[H-].[Na+]. The van der Waals surface area contributed by atoms with E-state index in [-0.39, 0.29) is 42.8 Å². The second-order valence-corrected chi connectivity index (χ2v) is 5.67. The van der Waals surface area contributed by atoms with E-state index in [1.165, 1.54) is 6.33 Å². The number of nitrogens with one attached hydrogen (secondary N) is 1. The van der Waals surface area contributed by atoms with Crippen molar-refractivity contribution in [2.45, 2.75) is 33.2 Å². The fourth-order valence-electron chi connectivity index (χ4n) is 2.22. The van der Waals surface area contributed by atoms with Gasteiger partial charge < -0.3 is 11.8 Å². The molecule has 0 amide bonds. The van der Waals surface area contributed by atoms with Gasteiger partial charge in [0.05, 0.1) is 11.7 Å². The number of phenolic OH excluding ortho intramolecular Hbond substituents is 1. The monoisotopic (exact) mass is 329 g/mol. The minimum atomic E-state index is 0. The van der Waals surface area contributed by atoms with Gasteiger partial charge in [0.25, 0.3) is 0 Å². The number of nitrogens with zero attached hydrogens (tertiary/aromatic N) is 2. The van der Waals surface area contributed by atoms with Crippen molar-refractivity contribution in [3.05, 3.63) is 46.9 Å². The summed E-state index contributed by atoms with van der Waals surface area (Å²) < 4.78 is 0. The van der Waals surface area contributed by atoms with Crippen molar-refractivity contribution in [1.29, 1.82) is 0 Å². The molecule has 0 aliphatic rings. The molecule has 1 heterocycles. The summed E-state index contributed by atoms with van der Waals surface area (Å²) in [5.74, 6) is 1.25. The fourth-order valence-corrected chi connectivity index (χ4v) is 2.50. The van der Waals surface area contributed by atoms with Crippen LogP contribution in [-0.4, -0.2) is 15.1 Å². The first-order valence-electron chi connectivity index (χ1n) is 7.07.